The Morgan fingerprint density at radius 3 is 2.68 bits per heavy atom. The highest BCUT2D eigenvalue weighted by Gasteiger charge is 2.39. The summed E-state index contributed by atoms with van der Waals surface area (Å²) in [7, 11) is 0. The molecule has 2 aliphatic heterocycles. The lowest BCUT2D eigenvalue weighted by Gasteiger charge is -2.25. The Hall–Kier alpha value is -1.53. The van der Waals surface area contributed by atoms with Crippen molar-refractivity contribution < 1.29 is 9.59 Å². The molecule has 2 amide bonds. The van der Waals surface area contributed by atoms with Crippen LogP contribution in [0, 0.1) is 18.8 Å². The van der Waals surface area contributed by atoms with Crippen molar-refractivity contribution in [2.75, 3.05) is 38.2 Å². The summed E-state index contributed by atoms with van der Waals surface area (Å²) >= 11 is 1.70. The maximum atomic E-state index is 13.0. The van der Waals surface area contributed by atoms with Crippen molar-refractivity contribution >= 4 is 23.6 Å². The van der Waals surface area contributed by atoms with Crippen molar-refractivity contribution in [1.29, 1.82) is 0 Å². The summed E-state index contributed by atoms with van der Waals surface area (Å²) in [6, 6.07) is 7.05. The van der Waals surface area contributed by atoms with Gasteiger partial charge in [-0.05, 0) is 49.3 Å². The number of carbonyl (C=O) groups is 2. The van der Waals surface area contributed by atoms with Gasteiger partial charge in [0.25, 0.3) is 5.91 Å². The van der Waals surface area contributed by atoms with Crippen molar-refractivity contribution in [3.8, 4) is 0 Å². The fourth-order valence-electron chi connectivity index (χ4n) is 3.78. The molecule has 0 saturated carbocycles. The number of rotatable bonds is 6. The molecule has 2 heterocycles. The molecule has 2 N–H and O–H groups in total. The first-order valence-electron chi connectivity index (χ1n) is 8.94. The van der Waals surface area contributed by atoms with E-state index < -0.39 is 6.04 Å². The molecule has 2 aliphatic rings. The van der Waals surface area contributed by atoms with Gasteiger partial charge in [0.1, 0.15) is 6.04 Å². The van der Waals surface area contributed by atoms with Crippen molar-refractivity contribution in [3.05, 3.63) is 35.4 Å². The summed E-state index contributed by atoms with van der Waals surface area (Å²) in [6.45, 7) is 5.59. The van der Waals surface area contributed by atoms with E-state index in [9.17, 15) is 9.59 Å². The number of nitrogens with one attached hydrogen (secondary N) is 2. The smallest absolute Gasteiger partial charge is 0.251 e. The van der Waals surface area contributed by atoms with E-state index in [1.807, 2.05) is 36.3 Å². The van der Waals surface area contributed by atoms with Crippen LogP contribution >= 0.6 is 11.8 Å². The summed E-state index contributed by atoms with van der Waals surface area (Å²) in [5.74, 6) is 1.90. The first-order chi connectivity index (χ1) is 12.1. The van der Waals surface area contributed by atoms with Gasteiger partial charge in [0.05, 0.1) is 0 Å². The zero-order valence-corrected chi connectivity index (χ0v) is 15.8. The Balaban J connectivity index is 1.66. The zero-order valence-electron chi connectivity index (χ0n) is 15.0. The van der Waals surface area contributed by atoms with Crippen molar-refractivity contribution in [1.82, 2.24) is 15.5 Å². The maximum absolute atomic E-state index is 13.0. The number of likely N-dealkylation sites (tertiary alicyclic amines) is 1. The average Bonchev–Trinajstić information content (AvgIpc) is 3.19. The molecule has 0 bridgehead atoms. The Bertz CT molecular complexity index is 625. The van der Waals surface area contributed by atoms with Crippen LogP contribution in [0.1, 0.15) is 22.3 Å². The van der Waals surface area contributed by atoms with E-state index in [0.717, 1.165) is 37.5 Å². The molecule has 0 aliphatic carbocycles. The van der Waals surface area contributed by atoms with Crippen LogP contribution in [-0.4, -0.2) is 60.9 Å². The van der Waals surface area contributed by atoms with Crippen LogP contribution in [0.2, 0.25) is 0 Å². The Morgan fingerprint density at radius 2 is 2.04 bits per heavy atom. The minimum Gasteiger partial charge on any atom is -0.340 e. The third kappa shape index (κ3) is 4.36. The standard InChI is InChI=1S/C19H27N3O2S/c1-13-4-3-5-14(8-13)18(23)21-17(6-7-25-2)19(24)22-11-15-9-20-10-16(15)12-22/h3-5,8,15-17,20H,6-7,9-12H2,1-2H3,(H,21,23)/t15-,16+,17?. The second-order valence-electron chi connectivity index (χ2n) is 7.10. The molecule has 3 rings (SSSR count). The van der Waals surface area contributed by atoms with Crippen molar-refractivity contribution in [2.45, 2.75) is 19.4 Å². The van der Waals surface area contributed by atoms with Gasteiger partial charge in [-0.1, -0.05) is 17.7 Å². The molecular weight excluding hydrogens is 334 g/mol. The average molecular weight is 362 g/mol. The second-order valence-corrected chi connectivity index (χ2v) is 8.08. The highest BCUT2D eigenvalue weighted by atomic mass is 32.2. The third-order valence-corrected chi connectivity index (χ3v) is 5.84. The molecule has 3 atom stereocenters. The van der Waals surface area contributed by atoms with Crippen LogP contribution in [0.3, 0.4) is 0 Å². The molecular formula is C19H27N3O2S. The minimum atomic E-state index is -0.438. The van der Waals surface area contributed by atoms with E-state index in [1.165, 1.54) is 0 Å². The molecule has 1 aromatic carbocycles. The molecule has 0 spiro atoms. The van der Waals surface area contributed by atoms with Gasteiger partial charge >= 0.3 is 0 Å². The number of hydrogen-bond acceptors (Lipinski definition) is 4. The topological polar surface area (TPSA) is 61.4 Å². The van der Waals surface area contributed by atoms with Crippen LogP contribution in [-0.2, 0) is 4.79 Å². The molecule has 5 nitrogen and oxygen atoms in total. The van der Waals surface area contributed by atoms with Gasteiger partial charge in [-0.25, -0.2) is 0 Å². The molecule has 1 aromatic rings. The van der Waals surface area contributed by atoms with Crippen LogP contribution < -0.4 is 10.6 Å². The number of carbonyl (C=O) groups excluding carboxylic acids is 2. The zero-order chi connectivity index (χ0) is 17.8. The van der Waals surface area contributed by atoms with Gasteiger partial charge in [0, 0.05) is 31.7 Å². The lowest BCUT2D eigenvalue weighted by molar-refractivity contribution is -0.132. The molecule has 2 saturated heterocycles. The van der Waals surface area contributed by atoms with Gasteiger partial charge in [0.2, 0.25) is 5.91 Å². The molecule has 0 aromatic heterocycles. The van der Waals surface area contributed by atoms with E-state index >= 15 is 0 Å². The number of fused-ring (bicyclic) bond motifs is 1. The predicted octanol–water partition coefficient (Wildman–Crippen LogP) is 1.52. The number of benzene rings is 1. The monoisotopic (exact) mass is 361 g/mol. The van der Waals surface area contributed by atoms with Crippen LogP contribution in [0.5, 0.6) is 0 Å². The lowest BCUT2D eigenvalue weighted by Crippen LogP contribution is -2.48. The number of amides is 2. The second kappa shape index (κ2) is 8.23. The van der Waals surface area contributed by atoms with E-state index in [4.69, 9.17) is 0 Å². The fourth-order valence-corrected chi connectivity index (χ4v) is 4.25. The lowest BCUT2D eigenvalue weighted by atomic mass is 10.0. The largest absolute Gasteiger partial charge is 0.340 e. The highest BCUT2D eigenvalue weighted by molar-refractivity contribution is 7.98. The fraction of sp³-hybridized carbons (Fsp3) is 0.579. The summed E-state index contributed by atoms with van der Waals surface area (Å²) < 4.78 is 0. The van der Waals surface area contributed by atoms with E-state index in [2.05, 4.69) is 10.6 Å². The third-order valence-electron chi connectivity index (χ3n) is 5.20. The predicted molar refractivity (Wildman–Crippen MR) is 102 cm³/mol. The Labute approximate surface area is 153 Å². The van der Waals surface area contributed by atoms with Crippen LogP contribution in [0.25, 0.3) is 0 Å². The Morgan fingerprint density at radius 1 is 1.32 bits per heavy atom. The van der Waals surface area contributed by atoms with Gasteiger partial charge in [-0.15, -0.1) is 0 Å². The molecule has 136 valence electrons. The summed E-state index contributed by atoms with van der Waals surface area (Å²) in [5, 5.41) is 6.37. The number of hydrogen-bond donors (Lipinski definition) is 2. The summed E-state index contributed by atoms with van der Waals surface area (Å²) in [5.41, 5.74) is 1.66. The molecule has 6 heteroatoms. The first kappa shape index (κ1) is 18.3. The molecule has 2 fully saturated rings. The summed E-state index contributed by atoms with van der Waals surface area (Å²) in [6.07, 6.45) is 2.69. The molecule has 1 unspecified atom stereocenters. The Kier molecular flexibility index (Phi) is 6.02. The number of thioether (sulfide) groups is 1. The van der Waals surface area contributed by atoms with Gasteiger partial charge in [-0.3, -0.25) is 9.59 Å². The molecule has 25 heavy (non-hydrogen) atoms. The van der Waals surface area contributed by atoms with E-state index in [1.54, 1.807) is 17.8 Å². The minimum absolute atomic E-state index is 0.0736. The number of nitrogens with zero attached hydrogens (tertiary/aromatic N) is 1. The molecule has 0 radical (unpaired) electrons. The van der Waals surface area contributed by atoms with Crippen molar-refractivity contribution in [2.24, 2.45) is 11.8 Å². The van der Waals surface area contributed by atoms with Crippen LogP contribution in [0.4, 0.5) is 0 Å². The van der Waals surface area contributed by atoms with Gasteiger partial charge < -0.3 is 15.5 Å². The quantitative estimate of drug-likeness (QED) is 0.807. The first-order valence-corrected chi connectivity index (χ1v) is 10.3. The van der Waals surface area contributed by atoms with E-state index in [-0.39, 0.29) is 11.8 Å². The maximum Gasteiger partial charge on any atom is 0.251 e. The number of aryl methyl sites for hydroxylation is 1. The van der Waals surface area contributed by atoms with Gasteiger partial charge in [0.15, 0.2) is 0 Å². The summed E-state index contributed by atoms with van der Waals surface area (Å²) in [4.78, 5) is 27.5. The van der Waals surface area contributed by atoms with Crippen LogP contribution in [0.15, 0.2) is 24.3 Å². The highest BCUT2D eigenvalue weighted by Crippen LogP contribution is 2.27. The van der Waals surface area contributed by atoms with Gasteiger partial charge in [-0.2, -0.15) is 11.8 Å². The SMILES string of the molecule is CSCCC(NC(=O)c1cccc(C)c1)C(=O)N1C[C@H]2CNC[C@H]2C1. The van der Waals surface area contributed by atoms with Crippen molar-refractivity contribution in [3.63, 3.8) is 0 Å². The normalized spacial score (nSPS) is 23.4. The van der Waals surface area contributed by atoms with E-state index in [0.29, 0.717) is 23.8 Å².